The van der Waals surface area contributed by atoms with Crippen LogP contribution in [0.2, 0.25) is 0 Å². The van der Waals surface area contributed by atoms with Crippen molar-refractivity contribution in [1.29, 1.82) is 0 Å². The van der Waals surface area contributed by atoms with Gasteiger partial charge < -0.3 is 10.0 Å². The number of rotatable bonds is 4. The van der Waals surface area contributed by atoms with E-state index >= 15 is 0 Å². The number of hydrogen-bond acceptors (Lipinski definition) is 4. The maximum Gasteiger partial charge on any atom is 0.242 e. The molecule has 2 fully saturated rings. The van der Waals surface area contributed by atoms with E-state index in [1.807, 2.05) is 12.2 Å². The molecule has 3 amide bonds. The van der Waals surface area contributed by atoms with Gasteiger partial charge in [0.25, 0.3) is 0 Å². The number of phenols is 1. The highest BCUT2D eigenvalue weighted by atomic mass is 16.3. The summed E-state index contributed by atoms with van der Waals surface area (Å²) in [5.41, 5.74) is 0.622. The van der Waals surface area contributed by atoms with Crippen molar-refractivity contribution in [2.75, 3.05) is 13.6 Å². The quantitative estimate of drug-likeness (QED) is 0.659. The van der Waals surface area contributed by atoms with Crippen molar-refractivity contribution in [3.8, 4) is 5.75 Å². The molecular formula is C19H20N2O4. The van der Waals surface area contributed by atoms with Gasteiger partial charge in [0.1, 0.15) is 12.3 Å². The minimum atomic E-state index is -0.315. The van der Waals surface area contributed by atoms with Crippen LogP contribution in [0.4, 0.5) is 0 Å². The molecule has 3 aliphatic rings. The Balaban J connectivity index is 1.44. The molecule has 0 radical (unpaired) electrons. The molecule has 4 unspecified atom stereocenters. The SMILES string of the molecule is CN(Cc1ccccc1O)C(=O)CN1C(=O)C2C3C=CC(C3)C2C1=O. The lowest BCUT2D eigenvalue weighted by molar-refractivity contribution is -0.146. The molecule has 2 bridgehead atoms. The second-order valence-corrected chi connectivity index (χ2v) is 7.14. The summed E-state index contributed by atoms with van der Waals surface area (Å²) in [6, 6.07) is 6.79. The number of carbonyl (C=O) groups is 3. The standard InChI is InChI=1S/C19H20N2O4/c1-20(9-13-4-2-3-5-14(13)22)15(23)10-21-18(24)16-11-6-7-12(8-11)17(16)19(21)25/h2-7,11-12,16-17,22H,8-10H2,1H3. The number of likely N-dealkylation sites (N-methyl/N-ethyl adjacent to an activating group) is 1. The number of aromatic hydroxyl groups is 1. The molecule has 25 heavy (non-hydrogen) atoms. The van der Waals surface area contributed by atoms with E-state index in [4.69, 9.17) is 0 Å². The molecule has 1 N–H and O–H groups in total. The summed E-state index contributed by atoms with van der Waals surface area (Å²) in [4.78, 5) is 40.3. The lowest BCUT2D eigenvalue weighted by Crippen LogP contribution is -2.42. The number of imide groups is 1. The lowest BCUT2D eigenvalue weighted by atomic mass is 9.85. The van der Waals surface area contributed by atoms with Crippen LogP contribution in [0.3, 0.4) is 0 Å². The Bertz CT molecular complexity index is 757. The van der Waals surface area contributed by atoms with Crippen LogP contribution in [0.5, 0.6) is 5.75 Å². The van der Waals surface area contributed by atoms with Crippen LogP contribution in [0, 0.1) is 23.7 Å². The van der Waals surface area contributed by atoms with Crippen LogP contribution < -0.4 is 0 Å². The third-order valence-corrected chi connectivity index (χ3v) is 5.68. The highest BCUT2D eigenvalue weighted by molar-refractivity contribution is 6.08. The first-order chi connectivity index (χ1) is 12.0. The zero-order valence-electron chi connectivity index (χ0n) is 14.0. The van der Waals surface area contributed by atoms with Crippen LogP contribution in [0.25, 0.3) is 0 Å². The van der Waals surface area contributed by atoms with Crippen LogP contribution in [0.1, 0.15) is 12.0 Å². The minimum Gasteiger partial charge on any atom is -0.508 e. The van der Waals surface area contributed by atoms with Crippen LogP contribution in [-0.2, 0) is 20.9 Å². The summed E-state index contributed by atoms with van der Waals surface area (Å²) < 4.78 is 0. The lowest BCUT2D eigenvalue weighted by Gasteiger charge is -2.22. The first-order valence-electron chi connectivity index (χ1n) is 8.51. The Morgan fingerprint density at radius 2 is 1.76 bits per heavy atom. The summed E-state index contributed by atoms with van der Waals surface area (Å²) in [7, 11) is 1.60. The second-order valence-electron chi connectivity index (χ2n) is 7.14. The summed E-state index contributed by atoms with van der Waals surface area (Å²) >= 11 is 0. The number of carbonyl (C=O) groups excluding carboxylic acids is 3. The van der Waals surface area contributed by atoms with Crippen molar-refractivity contribution < 1.29 is 19.5 Å². The topological polar surface area (TPSA) is 77.9 Å². The Morgan fingerprint density at radius 1 is 1.16 bits per heavy atom. The first kappa shape index (κ1) is 15.9. The number of phenolic OH excluding ortho intramolecular Hbond substituents is 1. The van der Waals surface area contributed by atoms with Gasteiger partial charge in [0, 0.05) is 19.2 Å². The molecular weight excluding hydrogens is 320 g/mol. The maximum absolute atomic E-state index is 12.6. The molecule has 0 aromatic heterocycles. The molecule has 130 valence electrons. The highest BCUT2D eigenvalue weighted by Crippen LogP contribution is 2.52. The summed E-state index contributed by atoms with van der Waals surface area (Å²) in [5, 5.41) is 9.82. The molecule has 2 aliphatic carbocycles. The number of allylic oxidation sites excluding steroid dienone is 2. The third-order valence-electron chi connectivity index (χ3n) is 5.68. The number of fused-ring (bicyclic) bond motifs is 5. The fourth-order valence-corrected chi connectivity index (χ4v) is 4.36. The number of hydrogen-bond donors (Lipinski definition) is 1. The van der Waals surface area contributed by atoms with E-state index in [9.17, 15) is 19.5 Å². The smallest absolute Gasteiger partial charge is 0.242 e. The highest BCUT2D eigenvalue weighted by Gasteiger charge is 2.59. The molecule has 0 spiro atoms. The van der Waals surface area contributed by atoms with Crippen molar-refractivity contribution in [3.05, 3.63) is 42.0 Å². The molecule has 4 rings (SSSR count). The Labute approximate surface area is 145 Å². The summed E-state index contributed by atoms with van der Waals surface area (Å²) in [6.07, 6.45) is 4.95. The first-order valence-corrected chi connectivity index (χ1v) is 8.51. The van der Waals surface area contributed by atoms with Gasteiger partial charge in [0.15, 0.2) is 0 Å². The van der Waals surface area contributed by atoms with Crippen molar-refractivity contribution in [2.24, 2.45) is 23.7 Å². The Hall–Kier alpha value is -2.63. The van der Waals surface area contributed by atoms with Crippen molar-refractivity contribution in [2.45, 2.75) is 13.0 Å². The van der Waals surface area contributed by atoms with Gasteiger partial charge in [-0.15, -0.1) is 0 Å². The predicted molar refractivity (Wildman–Crippen MR) is 89.0 cm³/mol. The molecule has 1 aromatic rings. The van der Waals surface area contributed by atoms with Gasteiger partial charge in [0.2, 0.25) is 17.7 Å². The number of likely N-dealkylation sites (tertiary alicyclic amines) is 1. The number of amides is 3. The van der Waals surface area contributed by atoms with Gasteiger partial charge in [0.05, 0.1) is 11.8 Å². The monoisotopic (exact) mass is 340 g/mol. The molecule has 6 nitrogen and oxygen atoms in total. The minimum absolute atomic E-state index is 0.118. The number of nitrogens with zero attached hydrogens (tertiary/aromatic N) is 2. The Kier molecular flexibility index (Phi) is 3.63. The second kappa shape index (κ2) is 5.72. The average molecular weight is 340 g/mol. The maximum atomic E-state index is 12.6. The zero-order valence-corrected chi connectivity index (χ0v) is 14.0. The van der Waals surface area contributed by atoms with Crippen LogP contribution in [0.15, 0.2) is 36.4 Å². The number of para-hydroxylation sites is 1. The molecule has 1 saturated heterocycles. The van der Waals surface area contributed by atoms with Crippen LogP contribution in [-0.4, -0.2) is 46.2 Å². The van der Waals surface area contributed by atoms with E-state index < -0.39 is 0 Å². The normalized spacial score (nSPS) is 29.4. The van der Waals surface area contributed by atoms with E-state index in [0.717, 1.165) is 11.3 Å². The van der Waals surface area contributed by atoms with Crippen molar-refractivity contribution in [1.82, 2.24) is 9.80 Å². The molecule has 4 atom stereocenters. The third kappa shape index (κ3) is 2.44. The fourth-order valence-electron chi connectivity index (χ4n) is 4.36. The van der Waals surface area contributed by atoms with Gasteiger partial charge in [-0.2, -0.15) is 0 Å². The molecule has 1 saturated carbocycles. The van der Waals surface area contributed by atoms with E-state index in [-0.39, 0.29) is 60.2 Å². The number of benzene rings is 1. The average Bonchev–Trinajstić information content (AvgIpc) is 3.26. The summed E-state index contributed by atoms with van der Waals surface area (Å²) in [5.74, 6) is -0.890. The van der Waals surface area contributed by atoms with Gasteiger partial charge in [-0.05, 0) is 24.3 Å². The van der Waals surface area contributed by atoms with E-state index in [1.165, 1.54) is 4.90 Å². The van der Waals surface area contributed by atoms with Gasteiger partial charge in [-0.3, -0.25) is 19.3 Å². The fraction of sp³-hybridized carbons (Fsp3) is 0.421. The zero-order chi connectivity index (χ0) is 17.7. The molecule has 1 aromatic carbocycles. The van der Waals surface area contributed by atoms with Gasteiger partial charge in [-0.1, -0.05) is 30.4 Å². The summed E-state index contributed by atoms with van der Waals surface area (Å²) in [6.45, 7) is -0.00437. The van der Waals surface area contributed by atoms with Crippen molar-refractivity contribution in [3.63, 3.8) is 0 Å². The molecule has 6 heteroatoms. The van der Waals surface area contributed by atoms with Crippen LogP contribution >= 0.6 is 0 Å². The van der Waals surface area contributed by atoms with E-state index in [2.05, 4.69) is 0 Å². The predicted octanol–water partition coefficient (Wildman–Crippen LogP) is 1.16. The van der Waals surface area contributed by atoms with Gasteiger partial charge >= 0.3 is 0 Å². The largest absolute Gasteiger partial charge is 0.508 e. The van der Waals surface area contributed by atoms with E-state index in [1.54, 1.807) is 31.3 Å². The molecule has 1 heterocycles. The van der Waals surface area contributed by atoms with E-state index in [0.29, 0.717) is 5.56 Å². The van der Waals surface area contributed by atoms with Crippen molar-refractivity contribution >= 4 is 17.7 Å². The molecule has 1 aliphatic heterocycles. The Morgan fingerprint density at radius 3 is 2.36 bits per heavy atom. The van der Waals surface area contributed by atoms with Gasteiger partial charge in [-0.25, -0.2) is 0 Å².